The van der Waals surface area contributed by atoms with Crippen molar-refractivity contribution in [2.45, 2.75) is 33.2 Å². The molecule has 0 saturated carbocycles. The Morgan fingerprint density at radius 2 is 1.86 bits per heavy atom. The molecule has 0 saturated heterocycles. The molecule has 2 heterocycles. The summed E-state index contributed by atoms with van der Waals surface area (Å²) in [6, 6.07) is 11.1. The highest BCUT2D eigenvalue weighted by molar-refractivity contribution is 5.95. The van der Waals surface area contributed by atoms with Crippen molar-refractivity contribution in [3.63, 3.8) is 0 Å². The first-order valence-electron chi connectivity index (χ1n) is 11.8. The summed E-state index contributed by atoms with van der Waals surface area (Å²) in [5.41, 5.74) is 2.44. The Morgan fingerprint density at radius 3 is 2.57 bits per heavy atom. The van der Waals surface area contributed by atoms with E-state index in [0.717, 1.165) is 18.5 Å². The van der Waals surface area contributed by atoms with Gasteiger partial charge in [0.15, 0.2) is 11.5 Å². The summed E-state index contributed by atoms with van der Waals surface area (Å²) in [7, 11) is 0. The molecule has 1 amide bonds. The fraction of sp³-hybridized carbons (Fsp3) is 0.385. The maximum Gasteiger partial charge on any atom is 0.254 e. The molecule has 2 aromatic carbocycles. The van der Waals surface area contributed by atoms with Crippen molar-refractivity contribution in [2.24, 2.45) is 0 Å². The molecule has 1 aliphatic rings. The number of benzene rings is 2. The topological polar surface area (TPSA) is 88.3 Å². The van der Waals surface area contributed by atoms with E-state index < -0.39 is 0 Å². The maximum absolute atomic E-state index is 13.6. The van der Waals surface area contributed by atoms with Gasteiger partial charge in [-0.15, -0.1) is 0 Å². The molecule has 0 atom stereocenters. The van der Waals surface area contributed by atoms with Crippen LogP contribution >= 0.6 is 0 Å². The first-order valence-corrected chi connectivity index (χ1v) is 11.8. The molecule has 0 radical (unpaired) electrons. The van der Waals surface area contributed by atoms with E-state index >= 15 is 0 Å². The zero-order valence-corrected chi connectivity index (χ0v) is 20.0. The molecule has 1 aliphatic heterocycles. The third-order valence-corrected chi connectivity index (χ3v) is 5.89. The highest BCUT2D eigenvalue weighted by Gasteiger charge is 2.27. The molecule has 0 aliphatic carbocycles. The van der Waals surface area contributed by atoms with E-state index in [9.17, 15) is 14.3 Å². The number of anilines is 1. The van der Waals surface area contributed by atoms with Gasteiger partial charge in [0, 0.05) is 37.4 Å². The summed E-state index contributed by atoms with van der Waals surface area (Å²) in [5, 5.41) is 13.8. The molecule has 35 heavy (non-hydrogen) atoms. The Morgan fingerprint density at radius 1 is 1.09 bits per heavy atom. The van der Waals surface area contributed by atoms with Crippen LogP contribution in [0.1, 0.15) is 42.6 Å². The van der Waals surface area contributed by atoms with Gasteiger partial charge in [-0.05, 0) is 62.2 Å². The number of aliphatic hydroxyl groups excluding tert-OH is 1. The van der Waals surface area contributed by atoms with Crippen molar-refractivity contribution < 1.29 is 28.3 Å². The summed E-state index contributed by atoms with van der Waals surface area (Å²) in [6.07, 6.45) is 1.32. The van der Waals surface area contributed by atoms with E-state index in [1.54, 1.807) is 35.2 Å². The molecular formula is C26H30FN3O5. The molecule has 0 unspecified atom stereocenters. The summed E-state index contributed by atoms with van der Waals surface area (Å²) >= 11 is 0. The number of hydrogen-bond donors (Lipinski definition) is 1. The van der Waals surface area contributed by atoms with E-state index in [1.807, 2.05) is 6.92 Å². The molecule has 186 valence electrons. The molecule has 0 spiro atoms. The number of carbonyl (C=O) groups excluding carboxylic acids is 1. The second-order valence-electron chi connectivity index (χ2n) is 8.27. The fourth-order valence-electron chi connectivity index (χ4n) is 4.12. The number of amides is 1. The molecule has 1 N–H and O–H groups in total. The van der Waals surface area contributed by atoms with E-state index in [2.05, 4.69) is 17.0 Å². The van der Waals surface area contributed by atoms with E-state index in [1.165, 1.54) is 12.1 Å². The van der Waals surface area contributed by atoms with Gasteiger partial charge in [-0.3, -0.25) is 4.79 Å². The lowest BCUT2D eigenvalue weighted by atomic mass is 10.1. The minimum atomic E-state index is -0.345. The van der Waals surface area contributed by atoms with Gasteiger partial charge in [0.2, 0.25) is 12.7 Å². The number of fused-ring (bicyclic) bond motifs is 1. The van der Waals surface area contributed by atoms with Crippen LogP contribution in [0.2, 0.25) is 0 Å². The minimum Gasteiger partial charge on any atom is -0.454 e. The molecule has 3 aromatic rings. The van der Waals surface area contributed by atoms with Crippen LogP contribution in [0.5, 0.6) is 11.5 Å². The second kappa shape index (κ2) is 11.2. The monoisotopic (exact) mass is 483 g/mol. The van der Waals surface area contributed by atoms with E-state index in [0.29, 0.717) is 53.7 Å². The third-order valence-electron chi connectivity index (χ3n) is 5.89. The van der Waals surface area contributed by atoms with Gasteiger partial charge in [0.05, 0.1) is 12.1 Å². The number of ether oxygens (including phenoxy) is 2. The minimum absolute atomic E-state index is 0.0524. The van der Waals surface area contributed by atoms with Crippen molar-refractivity contribution in [3.8, 4) is 22.8 Å². The number of carbonyl (C=O) groups is 1. The average molecular weight is 484 g/mol. The molecule has 1 aromatic heterocycles. The Hall–Kier alpha value is -3.59. The maximum atomic E-state index is 13.6. The van der Waals surface area contributed by atoms with Crippen molar-refractivity contribution in [2.75, 3.05) is 37.9 Å². The first-order chi connectivity index (χ1) is 17.0. The van der Waals surface area contributed by atoms with Gasteiger partial charge in [0.1, 0.15) is 11.5 Å². The summed E-state index contributed by atoms with van der Waals surface area (Å²) < 4.78 is 30.2. The molecule has 0 fully saturated rings. The molecule has 0 bridgehead atoms. The molecular weight excluding hydrogens is 453 g/mol. The fourth-order valence-corrected chi connectivity index (χ4v) is 4.12. The standard InChI is InChI=1S/C26H30FN3O5/c1-3-12-29(4-2)26-21(24(28-35-26)18-6-9-20(27)10-7-18)16-30(13-5-14-31)25(32)19-8-11-22-23(15-19)34-17-33-22/h6-11,15,31H,3-5,12-14,16-17H2,1-2H3. The largest absolute Gasteiger partial charge is 0.454 e. The summed E-state index contributed by atoms with van der Waals surface area (Å²) in [5.74, 6) is 1.15. The lowest BCUT2D eigenvalue weighted by Crippen LogP contribution is -2.33. The van der Waals surface area contributed by atoms with Crippen molar-refractivity contribution in [1.82, 2.24) is 10.1 Å². The predicted molar refractivity (Wildman–Crippen MR) is 129 cm³/mol. The van der Waals surface area contributed by atoms with E-state index in [-0.39, 0.29) is 31.7 Å². The average Bonchev–Trinajstić information content (AvgIpc) is 3.51. The summed E-state index contributed by atoms with van der Waals surface area (Å²) in [4.78, 5) is 17.3. The van der Waals surface area contributed by atoms with Crippen LogP contribution in [0, 0.1) is 5.82 Å². The van der Waals surface area contributed by atoms with Gasteiger partial charge in [-0.25, -0.2) is 4.39 Å². The number of aliphatic hydroxyl groups is 1. The van der Waals surface area contributed by atoms with Crippen LogP contribution in [0.25, 0.3) is 11.3 Å². The number of nitrogens with zero attached hydrogens (tertiary/aromatic N) is 3. The smallest absolute Gasteiger partial charge is 0.254 e. The zero-order chi connectivity index (χ0) is 24.8. The lowest BCUT2D eigenvalue weighted by molar-refractivity contribution is 0.0732. The van der Waals surface area contributed by atoms with Crippen LogP contribution in [0.4, 0.5) is 10.3 Å². The van der Waals surface area contributed by atoms with Crippen LogP contribution < -0.4 is 14.4 Å². The Kier molecular flexibility index (Phi) is 7.87. The highest BCUT2D eigenvalue weighted by Crippen LogP contribution is 2.35. The van der Waals surface area contributed by atoms with Gasteiger partial charge in [-0.2, -0.15) is 0 Å². The predicted octanol–water partition coefficient (Wildman–Crippen LogP) is 4.47. The Labute approximate surface area is 203 Å². The Balaban J connectivity index is 1.72. The van der Waals surface area contributed by atoms with Crippen LogP contribution in [-0.4, -0.2) is 54.1 Å². The number of hydrogen-bond acceptors (Lipinski definition) is 7. The highest BCUT2D eigenvalue weighted by atomic mass is 19.1. The van der Waals surface area contributed by atoms with Gasteiger partial charge >= 0.3 is 0 Å². The molecule has 4 rings (SSSR count). The second-order valence-corrected chi connectivity index (χ2v) is 8.27. The van der Waals surface area contributed by atoms with Crippen molar-refractivity contribution >= 4 is 11.8 Å². The number of aromatic nitrogens is 1. The summed E-state index contributed by atoms with van der Waals surface area (Å²) in [6.45, 7) is 6.17. The zero-order valence-electron chi connectivity index (χ0n) is 20.0. The normalized spacial score (nSPS) is 12.1. The van der Waals surface area contributed by atoms with Gasteiger partial charge in [-0.1, -0.05) is 12.1 Å². The van der Waals surface area contributed by atoms with E-state index in [4.69, 9.17) is 14.0 Å². The van der Waals surface area contributed by atoms with Crippen LogP contribution in [0.3, 0.4) is 0 Å². The van der Waals surface area contributed by atoms with Gasteiger partial charge in [0.25, 0.3) is 5.91 Å². The lowest BCUT2D eigenvalue weighted by Gasteiger charge is -2.25. The van der Waals surface area contributed by atoms with Crippen molar-refractivity contribution in [3.05, 3.63) is 59.4 Å². The quantitative estimate of drug-likeness (QED) is 0.430. The first kappa shape index (κ1) is 24.5. The molecule has 8 nitrogen and oxygen atoms in total. The SMILES string of the molecule is CCCN(CC)c1onc(-c2ccc(F)cc2)c1CN(CCCO)C(=O)c1ccc2c(c1)OCO2. The Bertz CT molecular complexity index is 1150. The van der Waals surface area contributed by atoms with Crippen LogP contribution in [0.15, 0.2) is 47.0 Å². The van der Waals surface area contributed by atoms with Gasteiger partial charge < -0.3 is 28.9 Å². The number of halogens is 1. The third kappa shape index (κ3) is 5.40. The molecule has 9 heteroatoms. The van der Waals surface area contributed by atoms with Crippen LogP contribution in [-0.2, 0) is 6.54 Å². The number of rotatable bonds is 11. The van der Waals surface area contributed by atoms with Crippen molar-refractivity contribution in [1.29, 1.82) is 0 Å².